The number of aromatic amines is 1. The molecule has 1 saturated heterocycles. The van der Waals surface area contributed by atoms with Gasteiger partial charge in [-0.2, -0.15) is 4.89 Å². The molecule has 150 valence electrons. The molecule has 0 bridgehead atoms. The number of nitrogens with zero attached hydrogens (tertiary/aromatic N) is 1. The van der Waals surface area contributed by atoms with Crippen LogP contribution in [-0.2, 0) is 20.4 Å². The number of fused-ring (bicyclic) bond motifs is 1. The Morgan fingerprint density at radius 2 is 2.14 bits per heavy atom. The fourth-order valence-electron chi connectivity index (χ4n) is 2.98. The van der Waals surface area contributed by atoms with Gasteiger partial charge in [-0.05, 0) is 31.0 Å². The summed E-state index contributed by atoms with van der Waals surface area (Å²) in [6, 6.07) is 4.98. The van der Waals surface area contributed by atoms with Crippen molar-refractivity contribution in [3.63, 3.8) is 0 Å². The highest BCUT2D eigenvalue weighted by molar-refractivity contribution is 7.55. The highest BCUT2D eigenvalue weighted by Gasteiger charge is 2.51. The summed E-state index contributed by atoms with van der Waals surface area (Å²) in [4.78, 5) is 35.9. The maximum Gasteiger partial charge on any atom is 0.619 e. The summed E-state index contributed by atoms with van der Waals surface area (Å²) in [5, 5.41) is 0.435. The molecule has 0 amide bonds. The van der Waals surface area contributed by atoms with Gasteiger partial charge in [0.05, 0.1) is 6.10 Å². The lowest BCUT2D eigenvalue weighted by atomic mass is 10.2. The Bertz CT molecular complexity index is 1010. The topological polar surface area (TPSA) is 112 Å². The van der Waals surface area contributed by atoms with E-state index >= 15 is 0 Å². The molecule has 1 aromatic carbocycles. The highest BCUT2D eigenvalue weighted by atomic mass is 35.5. The van der Waals surface area contributed by atoms with Gasteiger partial charge in [0, 0.05) is 16.8 Å². The number of hydrogen-bond acceptors (Lipinski definition) is 7. The predicted molar refractivity (Wildman–Crippen MR) is 101 cm³/mol. The molecule has 0 radical (unpaired) electrons. The minimum absolute atomic E-state index is 0.00946. The lowest BCUT2D eigenvalue weighted by molar-refractivity contribution is -0.0301. The molecule has 28 heavy (non-hydrogen) atoms. The van der Waals surface area contributed by atoms with E-state index in [-0.39, 0.29) is 18.2 Å². The number of hydrogen-bond donors (Lipinski definition) is 2. The van der Waals surface area contributed by atoms with Crippen molar-refractivity contribution in [2.24, 2.45) is 0 Å². The van der Waals surface area contributed by atoms with Gasteiger partial charge in [-0.25, -0.2) is 4.79 Å². The van der Waals surface area contributed by atoms with E-state index in [1.807, 2.05) is 0 Å². The zero-order chi connectivity index (χ0) is 19.9. The number of nitrogens with one attached hydrogen (secondary N) is 1. The molecule has 3 unspecified atom stereocenters. The van der Waals surface area contributed by atoms with Crippen LogP contribution in [0.15, 0.2) is 34.0 Å². The van der Waals surface area contributed by atoms with E-state index in [2.05, 4.69) is 4.98 Å². The van der Waals surface area contributed by atoms with Gasteiger partial charge in [0.2, 0.25) is 0 Å². The van der Waals surface area contributed by atoms with E-state index in [0.29, 0.717) is 29.2 Å². The normalized spacial score (nSPS) is 26.7. The molecule has 9 nitrogen and oxygen atoms in total. The van der Waals surface area contributed by atoms with E-state index in [0.717, 1.165) is 0 Å². The average molecular weight is 450 g/mol. The van der Waals surface area contributed by atoms with Crippen LogP contribution in [0.1, 0.15) is 24.6 Å². The number of halogens is 2. The van der Waals surface area contributed by atoms with Crippen LogP contribution in [0.25, 0.3) is 0 Å². The average Bonchev–Trinajstić information content (AvgIpc) is 3.12. The van der Waals surface area contributed by atoms with Crippen molar-refractivity contribution in [2.75, 3.05) is 6.61 Å². The lowest BCUT2D eigenvalue weighted by Crippen LogP contribution is -2.32. The van der Waals surface area contributed by atoms with Crippen molar-refractivity contribution < 1.29 is 23.2 Å². The highest BCUT2D eigenvalue weighted by Crippen LogP contribution is 2.61. The number of benzene rings is 1. The third kappa shape index (κ3) is 4.11. The summed E-state index contributed by atoms with van der Waals surface area (Å²) in [6.07, 6.45) is 1.33. The molecular weight excluding hydrogens is 434 g/mol. The SMILES string of the molecule is O=c1[nH]c(=O)n(C2CCC(CO[P+]3(O)OCc4cc(Cl)ccc4O3)O2)cc1Cl. The molecule has 1 aromatic heterocycles. The van der Waals surface area contributed by atoms with Gasteiger partial charge in [0.15, 0.2) is 5.75 Å². The van der Waals surface area contributed by atoms with Crippen LogP contribution in [-0.4, -0.2) is 27.2 Å². The Morgan fingerprint density at radius 3 is 2.96 bits per heavy atom. The van der Waals surface area contributed by atoms with Crippen molar-refractivity contribution in [3.8, 4) is 5.75 Å². The molecule has 2 N–H and O–H groups in total. The van der Waals surface area contributed by atoms with E-state index in [1.165, 1.54) is 10.8 Å². The minimum atomic E-state index is -3.54. The van der Waals surface area contributed by atoms with Gasteiger partial charge in [-0.1, -0.05) is 23.2 Å². The molecule has 3 atom stereocenters. The Kier molecular flexibility index (Phi) is 5.50. The molecule has 2 aliphatic rings. The van der Waals surface area contributed by atoms with Crippen LogP contribution in [0.5, 0.6) is 5.75 Å². The van der Waals surface area contributed by atoms with E-state index in [9.17, 15) is 14.5 Å². The van der Waals surface area contributed by atoms with Crippen molar-refractivity contribution in [2.45, 2.75) is 31.8 Å². The fraction of sp³-hybridized carbons (Fsp3) is 0.375. The minimum Gasteiger partial charge on any atom is -0.352 e. The Labute approximate surface area is 169 Å². The van der Waals surface area contributed by atoms with Crippen LogP contribution in [0.4, 0.5) is 0 Å². The first-order valence-electron chi connectivity index (χ1n) is 8.38. The van der Waals surface area contributed by atoms with E-state index in [4.69, 9.17) is 41.5 Å². The van der Waals surface area contributed by atoms with Crippen LogP contribution in [0, 0.1) is 0 Å². The van der Waals surface area contributed by atoms with Crippen molar-refractivity contribution in [3.05, 3.63) is 60.8 Å². The van der Waals surface area contributed by atoms with E-state index < -0.39 is 31.8 Å². The molecule has 0 saturated carbocycles. The smallest absolute Gasteiger partial charge is 0.352 e. The van der Waals surface area contributed by atoms with Crippen molar-refractivity contribution in [1.82, 2.24) is 9.55 Å². The summed E-state index contributed by atoms with van der Waals surface area (Å²) in [5.41, 5.74) is -0.547. The van der Waals surface area contributed by atoms with E-state index in [1.54, 1.807) is 18.2 Å². The van der Waals surface area contributed by atoms with Crippen LogP contribution < -0.4 is 15.8 Å². The monoisotopic (exact) mass is 449 g/mol. The summed E-state index contributed by atoms with van der Waals surface area (Å²) in [7, 11) is -3.54. The van der Waals surface area contributed by atoms with Crippen LogP contribution >= 0.6 is 31.4 Å². The molecule has 0 spiro atoms. The summed E-state index contributed by atoms with van der Waals surface area (Å²) in [5.74, 6) is 0.450. The lowest BCUT2D eigenvalue weighted by Gasteiger charge is -2.22. The summed E-state index contributed by atoms with van der Waals surface area (Å²) in [6.45, 7) is 0.120. The quantitative estimate of drug-likeness (QED) is 0.690. The Balaban J connectivity index is 1.38. The summed E-state index contributed by atoms with van der Waals surface area (Å²) >= 11 is 11.7. The molecule has 12 heteroatoms. The predicted octanol–water partition coefficient (Wildman–Crippen LogP) is 2.82. The standard InChI is InChI=1S/C16H15Cl2N2O7P/c17-10-1-3-13-9(5-10)7-24-28(23,27-13)25-8-11-2-4-14(26-11)20-6-12(18)15(21)19-16(20)22/h1,3,5-6,11,14,23H,2,4,7-8H2/p+1. The molecule has 3 heterocycles. The van der Waals surface area contributed by atoms with Crippen LogP contribution in [0.2, 0.25) is 10.0 Å². The van der Waals surface area contributed by atoms with Gasteiger partial charge in [-0.3, -0.25) is 18.9 Å². The molecule has 2 aliphatic heterocycles. The maximum atomic E-state index is 11.9. The zero-order valence-corrected chi connectivity index (χ0v) is 16.7. The third-order valence-corrected chi connectivity index (χ3v) is 6.23. The first-order chi connectivity index (χ1) is 13.3. The summed E-state index contributed by atoms with van der Waals surface area (Å²) < 4.78 is 23.3. The zero-order valence-electron chi connectivity index (χ0n) is 14.3. The van der Waals surface area contributed by atoms with Gasteiger partial charge < -0.3 is 4.74 Å². The van der Waals surface area contributed by atoms with Crippen molar-refractivity contribution in [1.29, 1.82) is 0 Å². The molecule has 0 aliphatic carbocycles. The van der Waals surface area contributed by atoms with Gasteiger partial charge >= 0.3 is 13.9 Å². The Morgan fingerprint density at radius 1 is 1.32 bits per heavy atom. The maximum absolute atomic E-state index is 11.9. The molecule has 4 rings (SSSR count). The fourth-order valence-corrected chi connectivity index (χ4v) is 4.59. The second-order valence-corrected chi connectivity index (χ2v) is 8.79. The second-order valence-electron chi connectivity index (χ2n) is 6.31. The molecular formula is C16H16Cl2N2O7P+. The number of H-pyrrole nitrogens is 1. The number of aromatic nitrogens is 2. The van der Waals surface area contributed by atoms with Crippen molar-refractivity contribution >= 4 is 31.4 Å². The van der Waals surface area contributed by atoms with Gasteiger partial charge in [0.25, 0.3) is 5.56 Å². The van der Waals surface area contributed by atoms with Crippen LogP contribution in [0.3, 0.4) is 0 Å². The number of ether oxygens (including phenoxy) is 1. The molecule has 1 fully saturated rings. The van der Waals surface area contributed by atoms with Gasteiger partial charge in [-0.15, -0.1) is 9.05 Å². The Hall–Kier alpha value is -1.45. The largest absolute Gasteiger partial charge is 0.619 e. The first-order valence-corrected chi connectivity index (χ1v) is 10.6. The third-order valence-electron chi connectivity index (χ3n) is 4.36. The second kappa shape index (κ2) is 7.76. The number of rotatable bonds is 4. The van der Waals surface area contributed by atoms with Gasteiger partial charge in [0.1, 0.15) is 24.5 Å². The molecule has 2 aromatic rings. The first kappa shape index (κ1) is 19.8.